The fraction of sp³-hybridized carbons (Fsp3) is 0.333. The van der Waals surface area contributed by atoms with Gasteiger partial charge in [0.2, 0.25) is 0 Å². The first-order chi connectivity index (χ1) is 12.9. The highest BCUT2D eigenvalue weighted by atomic mass is 32.2. The van der Waals surface area contributed by atoms with Gasteiger partial charge in [0.05, 0.1) is 26.2 Å². The van der Waals surface area contributed by atoms with Crippen molar-refractivity contribution >= 4 is 27.0 Å². The van der Waals surface area contributed by atoms with Crippen LogP contribution in [0.3, 0.4) is 0 Å². The summed E-state index contributed by atoms with van der Waals surface area (Å²) >= 11 is 1.25. The van der Waals surface area contributed by atoms with E-state index >= 15 is 0 Å². The number of pyridine rings is 1. The van der Waals surface area contributed by atoms with Crippen molar-refractivity contribution in [3.05, 3.63) is 63.5 Å². The summed E-state index contributed by atoms with van der Waals surface area (Å²) in [5, 5.41) is 1.78. The van der Waals surface area contributed by atoms with Gasteiger partial charge in [-0.2, -0.15) is 4.31 Å². The van der Waals surface area contributed by atoms with Gasteiger partial charge in [-0.05, 0) is 30.5 Å². The molecule has 0 atom stereocenters. The Morgan fingerprint density at radius 1 is 1.19 bits per heavy atom. The normalized spacial score (nSPS) is 16.8. The highest BCUT2D eigenvalue weighted by Crippen LogP contribution is 2.20. The van der Waals surface area contributed by atoms with Gasteiger partial charge in [-0.3, -0.25) is 9.20 Å². The van der Waals surface area contributed by atoms with Crippen LogP contribution in [0.25, 0.3) is 5.65 Å². The first-order valence-corrected chi connectivity index (χ1v) is 11.1. The number of rotatable bonds is 4. The van der Waals surface area contributed by atoms with E-state index in [1.54, 1.807) is 32.3 Å². The minimum Gasteiger partial charge on any atom is -0.328 e. The lowest BCUT2D eigenvalue weighted by molar-refractivity contribution is -0.917. The van der Waals surface area contributed by atoms with Gasteiger partial charge in [0.25, 0.3) is 15.6 Å². The Morgan fingerprint density at radius 3 is 2.67 bits per heavy atom. The molecule has 3 aromatic heterocycles. The van der Waals surface area contributed by atoms with Crippen LogP contribution < -0.4 is 10.5 Å². The maximum atomic E-state index is 12.6. The summed E-state index contributed by atoms with van der Waals surface area (Å²) in [5.41, 5.74) is 2.17. The van der Waals surface area contributed by atoms with E-state index in [2.05, 4.69) is 4.98 Å². The largest absolute Gasteiger partial charge is 0.328 e. The number of nitrogens with zero attached hydrogens (tertiary/aromatic N) is 3. The molecule has 0 radical (unpaired) electrons. The van der Waals surface area contributed by atoms with Crippen molar-refractivity contribution < 1.29 is 13.3 Å². The Bertz CT molecular complexity index is 1120. The van der Waals surface area contributed by atoms with Crippen LogP contribution >= 0.6 is 11.3 Å². The smallest absolute Gasteiger partial charge is 0.258 e. The molecule has 7 nitrogen and oxygen atoms in total. The number of aryl methyl sites for hydroxylation is 1. The molecule has 3 aromatic rings. The number of piperazine rings is 1. The van der Waals surface area contributed by atoms with E-state index in [1.165, 1.54) is 16.2 Å². The number of aromatic nitrogens is 2. The maximum absolute atomic E-state index is 12.6. The number of fused-ring (bicyclic) bond motifs is 1. The quantitative estimate of drug-likeness (QED) is 0.671. The second kappa shape index (κ2) is 7.16. The van der Waals surface area contributed by atoms with Crippen LogP contribution in [0.1, 0.15) is 11.4 Å². The van der Waals surface area contributed by atoms with Gasteiger partial charge in [0, 0.05) is 11.8 Å². The molecule has 0 aliphatic carbocycles. The predicted octanol–water partition coefficient (Wildman–Crippen LogP) is 0.154. The Labute approximate surface area is 161 Å². The van der Waals surface area contributed by atoms with E-state index < -0.39 is 10.0 Å². The number of nitrogens with one attached hydrogen (secondary N) is 1. The molecule has 1 aliphatic heterocycles. The van der Waals surface area contributed by atoms with E-state index in [-0.39, 0.29) is 5.56 Å². The second-order valence-corrected chi connectivity index (χ2v) is 9.82. The summed E-state index contributed by atoms with van der Waals surface area (Å²) < 4.78 is 28.8. The number of thiophene rings is 1. The molecule has 9 heteroatoms. The van der Waals surface area contributed by atoms with E-state index in [0.717, 1.165) is 11.4 Å². The highest BCUT2D eigenvalue weighted by molar-refractivity contribution is 7.91. The zero-order chi connectivity index (χ0) is 19.0. The zero-order valence-electron chi connectivity index (χ0n) is 15.0. The van der Waals surface area contributed by atoms with Gasteiger partial charge in [0.15, 0.2) is 0 Å². The first-order valence-electron chi connectivity index (χ1n) is 8.81. The van der Waals surface area contributed by atoms with Crippen LogP contribution in [0.5, 0.6) is 0 Å². The lowest BCUT2D eigenvalue weighted by Gasteiger charge is -2.31. The molecule has 0 amide bonds. The van der Waals surface area contributed by atoms with Crippen LogP contribution in [0.15, 0.2) is 50.8 Å². The van der Waals surface area contributed by atoms with Gasteiger partial charge in [-0.25, -0.2) is 13.4 Å². The molecule has 1 N–H and O–H groups in total. The molecule has 0 unspecified atom stereocenters. The third-order valence-electron chi connectivity index (χ3n) is 4.88. The Kier molecular flexibility index (Phi) is 4.85. The van der Waals surface area contributed by atoms with Gasteiger partial charge < -0.3 is 4.90 Å². The summed E-state index contributed by atoms with van der Waals surface area (Å²) in [7, 11) is -3.39. The lowest BCUT2D eigenvalue weighted by Crippen LogP contribution is -3.13. The van der Waals surface area contributed by atoms with Crippen molar-refractivity contribution in [1.29, 1.82) is 0 Å². The Balaban J connectivity index is 1.47. The SMILES string of the molecule is Cc1cccc2nc(C[NH+]3CCN(S(=O)(=O)c4cccs4)CC3)cc(=O)n12. The number of hydrogen-bond donors (Lipinski definition) is 1. The number of quaternary nitrogens is 1. The highest BCUT2D eigenvalue weighted by Gasteiger charge is 2.31. The molecule has 0 aromatic carbocycles. The third-order valence-corrected chi connectivity index (χ3v) is 8.15. The average molecular weight is 406 g/mol. The first kappa shape index (κ1) is 18.3. The molecule has 27 heavy (non-hydrogen) atoms. The molecule has 0 bridgehead atoms. The van der Waals surface area contributed by atoms with Crippen LogP contribution in [-0.4, -0.2) is 48.3 Å². The van der Waals surface area contributed by atoms with Crippen molar-refractivity contribution in [2.24, 2.45) is 0 Å². The maximum Gasteiger partial charge on any atom is 0.258 e. The lowest BCUT2D eigenvalue weighted by atomic mass is 10.3. The average Bonchev–Trinajstić information content (AvgIpc) is 3.17. The second-order valence-electron chi connectivity index (χ2n) is 6.71. The standard InChI is InChI=1S/C18H20N4O3S2/c1-14-4-2-5-16-19-15(12-17(23)22(14)16)13-20-7-9-21(10-8-20)27(24,25)18-6-3-11-26-18/h2-6,11-12H,7-10,13H2,1H3/p+1. The fourth-order valence-corrected chi connectivity index (χ4v) is 6.05. The topological polar surface area (TPSA) is 76.2 Å². The molecule has 4 heterocycles. The molecule has 4 rings (SSSR count). The Hall–Kier alpha value is -2.07. The third kappa shape index (κ3) is 3.55. The molecule has 1 fully saturated rings. The molecular weight excluding hydrogens is 384 g/mol. The minimum absolute atomic E-state index is 0.0774. The van der Waals surface area contributed by atoms with Crippen LogP contribution in [0.2, 0.25) is 0 Å². The molecule has 1 aliphatic rings. The summed E-state index contributed by atoms with van der Waals surface area (Å²) in [4.78, 5) is 18.2. The van der Waals surface area contributed by atoms with Crippen LogP contribution in [-0.2, 0) is 16.6 Å². The summed E-state index contributed by atoms with van der Waals surface area (Å²) in [6.07, 6.45) is 0. The van der Waals surface area contributed by atoms with Crippen LogP contribution in [0, 0.1) is 6.92 Å². The van der Waals surface area contributed by atoms with Gasteiger partial charge in [-0.1, -0.05) is 12.1 Å². The van der Waals surface area contributed by atoms with Crippen molar-refractivity contribution in [2.45, 2.75) is 17.7 Å². The molecule has 0 spiro atoms. The minimum atomic E-state index is -3.39. The van der Waals surface area contributed by atoms with Gasteiger partial charge in [0.1, 0.15) is 22.1 Å². The van der Waals surface area contributed by atoms with Gasteiger partial charge >= 0.3 is 0 Å². The molecular formula is C18H21N4O3S2+. The number of sulfonamides is 1. The van der Waals surface area contributed by atoms with Gasteiger partial charge in [-0.15, -0.1) is 11.3 Å². The van der Waals surface area contributed by atoms with E-state index in [0.29, 0.717) is 42.6 Å². The molecule has 142 valence electrons. The predicted molar refractivity (Wildman–Crippen MR) is 104 cm³/mol. The van der Waals surface area contributed by atoms with Crippen LogP contribution in [0.4, 0.5) is 0 Å². The molecule has 1 saturated heterocycles. The van der Waals surface area contributed by atoms with Crippen molar-refractivity contribution in [2.75, 3.05) is 26.2 Å². The van der Waals surface area contributed by atoms with Crippen molar-refractivity contribution in [3.63, 3.8) is 0 Å². The van der Waals surface area contributed by atoms with Crippen molar-refractivity contribution in [3.8, 4) is 0 Å². The fourth-order valence-electron chi connectivity index (χ4n) is 3.47. The molecule has 0 saturated carbocycles. The number of hydrogen-bond acceptors (Lipinski definition) is 5. The zero-order valence-corrected chi connectivity index (χ0v) is 16.6. The summed E-state index contributed by atoms with van der Waals surface area (Å²) in [6, 6.07) is 10.6. The summed E-state index contributed by atoms with van der Waals surface area (Å²) in [5.74, 6) is 0. The Morgan fingerprint density at radius 2 is 1.96 bits per heavy atom. The van der Waals surface area contributed by atoms with Crippen molar-refractivity contribution in [1.82, 2.24) is 13.7 Å². The van der Waals surface area contributed by atoms with E-state index in [1.807, 2.05) is 25.1 Å². The summed E-state index contributed by atoms with van der Waals surface area (Å²) in [6.45, 7) is 4.84. The monoisotopic (exact) mass is 405 g/mol. The van der Waals surface area contributed by atoms with E-state index in [9.17, 15) is 13.2 Å². The van der Waals surface area contributed by atoms with E-state index in [4.69, 9.17) is 0 Å².